The van der Waals surface area contributed by atoms with Crippen molar-refractivity contribution < 1.29 is 13.2 Å². The van der Waals surface area contributed by atoms with Crippen molar-refractivity contribution in [3.8, 4) is 17.0 Å². The fourth-order valence-corrected chi connectivity index (χ4v) is 5.48. The van der Waals surface area contributed by atoms with Crippen LogP contribution in [0.4, 0.5) is 17.3 Å². The van der Waals surface area contributed by atoms with E-state index in [9.17, 15) is 8.42 Å². The highest BCUT2D eigenvalue weighted by atomic mass is 32.2. The first-order valence-electron chi connectivity index (χ1n) is 11.3. The molecule has 0 saturated carbocycles. The molecule has 0 atom stereocenters. The summed E-state index contributed by atoms with van der Waals surface area (Å²) in [7, 11) is -1.63. The molecule has 9 nitrogen and oxygen atoms in total. The van der Waals surface area contributed by atoms with Crippen LogP contribution in [0.15, 0.2) is 65.7 Å². The Balaban J connectivity index is 1.47. The lowest BCUT2D eigenvalue weighted by atomic mass is 10.1. The van der Waals surface area contributed by atoms with E-state index in [0.29, 0.717) is 12.6 Å². The van der Waals surface area contributed by atoms with Crippen molar-refractivity contribution in [3.63, 3.8) is 0 Å². The Morgan fingerprint density at radius 3 is 2.69 bits per heavy atom. The molecule has 5 rings (SSSR count). The predicted octanol–water partition coefficient (Wildman–Crippen LogP) is 4.05. The van der Waals surface area contributed by atoms with Crippen molar-refractivity contribution in [1.82, 2.24) is 19.3 Å². The van der Waals surface area contributed by atoms with Crippen LogP contribution in [0.5, 0.6) is 5.75 Å². The Bertz CT molecular complexity index is 1510. The third-order valence-electron chi connectivity index (χ3n) is 5.59. The second-order valence-electron chi connectivity index (χ2n) is 9.60. The summed E-state index contributed by atoms with van der Waals surface area (Å²) in [6.07, 6.45) is 1.73. The van der Waals surface area contributed by atoms with Crippen molar-refractivity contribution in [2.24, 2.45) is 0 Å². The summed E-state index contributed by atoms with van der Waals surface area (Å²) in [4.78, 5) is 6.79. The van der Waals surface area contributed by atoms with Gasteiger partial charge in [0.25, 0.3) is 0 Å². The molecular formula is C25H28N6O3S. The molecule has 4 aromatic rings. The third kappa shape index (κ3) is 4.80. The van der Waals surface area contributed by atoms with Crippen molar-refractivity contribution >= 4 is 32.9 Å². The summed E-state index contributed by atoms with van der Waals surface area (Å²) in [5.74, 6) is 1.27. The highest BCUT2D eigenvalue weighted by Gasteiger charge is 2.22. The molecule has 3 heterocycles. The van der Waals surface area contributed by atoms with Gasteiger partial charge in [0.1, 0.15) is 12.4 Å². The quantitative estimate of drug-likeness (QED) is 0.434. The van der Waals surface area contributed by atoms with E-state index in [0.717, 1.165) is 40.4 Å². The number of anilines is 3. The second kappa shape index (κ2) is 8.54. The van der Waals surface area contributed by atoms with Gasteiger partial charge in [0.15, 0.2) is 0 Å². The standard InChI is InChI=1S/C25H28N6O3S/c1-25(2,3)29-35(32,33)20-7-5-6-17(14-20)21-10-9-19-16-26-24(28-31(19)21)27-18-8-11-23-22(15-18)30(4)12-13-34-23/h5-11,14-16,29H,12-13H2,1-4H3,(H,27,28). The maximum absolute atomic E-state index is 12.8. The summed E-state index contributed by atoms with van der Waals surface area (Å²) in [6, 6.07) is 16.5. The zero-order chi connectivity index (χ0) is 24.8. The highest BCUT2D eigenvalue weighted by molar-refractivity contribution is 7.89. The third-order valence-corrected chi connectivity index (χ3v) is 7.35. The summed E-state index contributed by atoms with van der Waals surface area (Å²) >= 11 is 0. The molecule has 0 aliphatic carbocycles. The molecule has 0 spiro atoms. The lowest BCUT2D eigenvalue weighted by Gasteiger charge is -2.28. The Labute approximate surface area is 204 Å². The summed E-state index contributed by atoms with van der Waals surface area (Å²) in [6.45, 7) is 6.93. The van der Waals surface area contributed by atoms with Gasteiger partial charge in [-0.15, -0.1) is 5.10 Å². The molecule has 0 unspecified atom stereocenters. The zero-order valence-corrected chi connectivity index (χ0v) is 20.9. The topological polar surface area (TPSA) is 101 Å². The molecule has 182 valence electrons. The maximum Gasteiger partial charge on any atom is 0.245 e. The number of nitrogens with zero attached hydrogens (tertiary/aromatic N) is 4. The van der Waals surface area contributed by atoms with E-state index in [1.807, 2.05) is 64.2 Å². The molecule has 35 heavy (non-hydrogen) atoms. The fraction of sp³-hybridized carbons (Fsp3) is 0.280. The van der Waals surface area contributed by atoms with Crippen LogP contribution in [0.1, 0.15) is 20.8 Å². The maximum atomic E-state index is 12.8. The number of likely N-dealkylation sites (N-methyl/N-ethyl adjacent to an activating group) is 1. The van der Waals surface area contributed by atoms with E-state index >= 15 is 0 Å². The molecule has 0 amide bonds. The van der Waals surface area contributed by atoms with Crippen LogP contribution in [-0.2, 0) is 10.0 Å². The molecule has 0 radical (unpaired) electrons. The van der Waals surface area contributed by atoms with Crippen LogP contribution in [0.25, 0.3) is 16.8 Å². The summed E-state index contributed by atoms with van der Waals surface area (Å²) in [5, 5.41) is 7.94. The van der Waals surface area contributed by atoms with Crippen molar-refractivity contribution in [2.45, 2.75) is 31.2 Å². The average molecular weight is 493 g/mol. The lowest BCUT2D eigenvalue weighted by molar-refractivity contribution is 0.311. The van der Waals surface area contributed by atoms with Gasteiger partial charge in [-0.05, 0) is 63.2 Å². The van der Waals surface area contributed by atoms with E-state index in [1.165, 1.54) is 0 Å². The summed E-state index contributed by atoms with van der Waals surface area (Å²) < 4.78 is 35.9. The Hall–Kier alpha value is -3.63. The molecule has 0 saturated heterocycles. The van der Waals surface area contributed by atoms with Gasteiger partial charge in [-0.1, -0.05) is 12.1 Å². The predicted molar refractivity (Wildman–Crippen MR) is 137 cm³/mol. The van der Waals surface area contributed by atoms with Crippen molar-refractivity contribution in [3.05, 3.63) is 60.8 Å². The lowest BCUT2D eigenvalue weighted by Crippen LogP contribution is -2.40. The van der Waals surface area contributed by atoms with E-state index in [1.54, 1.807) is 28.9 Å². The number of fused-ring (bicyclic) bond motifs is 2. The van der Waals surface area contributed by atoms with Crippen LogP contribution < -0.4 is 19.7 Å². The number of nitrogens with one attached hydrogen (secondary N) is 2. The normalized spacial score (nSPS) is 14.0. The number of rotatable bonds is 5. The van der Waals surface area contributed by atoms with Gasteiger partial charge in [0, 0.05) is 23.8 Å². The van der Waals surface area contributed by atoms with E-state index in [4.69, 9.17) is 4.74 Å². The second-order valence-corrected chi connectivity index (χ2v) is 11.3. The largest absolute Gasteiger partial charge is 0.490 e. The first kappa shape index (κ1) is 23.1. The fourth-order valence-electron chi connectivity index (χ4n) is 4.02. The molecule has 1 aliphatic heterocycles. The van der Waals surface area contributed by atoms with E-state index in [2.05, 4.69) is 25.0 Å². The summed E-state index contributed by atoms with van der Waals surface area (Å²) in [5.41, 5.74) is 3.56. The average Bonchev–Trinajstić information content (AvgIpc) is 3.21. The molecule has 0 fully saturated rings. The monoisotopic (exact) mass is 492 g/mol. The Morgan fingerprint density at radius 2 is 1.89 bits per heavy atom. The van der Waals surface area contributed by atoms with E-state index < -0.39 is 15.6 Å². The van der Waals surface area contributed by atoms with Gasteiger partial charge in [-0.3, -0.25) is 0 Å². The first-order valence-corrected chi connectivity index (χ1v) is 12.8. The van der Waals surface area contributed by atoms with Gasteiger partial charge in [0.05, 0.1) is 34.5 Å². The van der Waals surface area contributed by atoms with Gasteiger partial charge >= 0.3 is 0 Å². The van der Waals surface area contributed by atoms with Gasteiger partial charge < -0.3 is 15.0 Å². The minimum Gasteiger partial charge on any atom is -0.490 e. The van der Waals surface area contributed by atoms with Crippen molar-refractivity contribution in [2.75, 3.05) is 30.4 Å². The van der Waals surface area contributed by atoms with Crippen LogP contribution in [0.2, 0.25) is 0 Å². The SMILES string of the molecule is CN1CCOc2ccc(Nc3ncc4ccc(-c5cccc(S(=O)(=O)NC(C)(C)C)c5)n4n3)cc21. The molecular weight excluding hydrogens is 464 g/mol. The van der Waals surface area contributed by atoms with Gasteiger partial charge in [-0.2, -0.15) is 0 Å². The molecule has 1 aliphatic rings. The smallest absolute Gasteiger partial charge is 0.245 e. The van der Waals surface area contributed by atoms with Gasteiger partial charge in [0.2, 0.25) is 16.0 Å². The number of hydrogen-bond donors (Lipinski definition) is 2. The Morgan fingerprint density at radius 1 is 1.06 bits per heavy atom. The number of sulfonamides is 1. The van der Waals surface area contributed by atoms with Crippen LogP contribution in [0, 0.1) is 0 Å². The molecule has 2 aromatic heterocycles. The number of hydrogen-bond acceptors (Lipinski definition) is 7. The van der Waals surface area contributed by atoms with Gasteiger partial charge in [-0.25, -0.2) is 22.6 Å². The van der Waals surface area contributed by atoms with E-state index in [-0.39, 0.29) is 4.90 Å². The van der Waals surface area contributed by atoms with Crippen LogP contribution >= 0.6 is 0 Å². The zero-order valence-electron chi connectivity index (χ0n) is 20.1. The Kier molecular flexibility index (Phi) is 5.65. The molecule has 0 bridgehead atoms. The minimum atomic E-state index is -3.66. The number of benzene rings is 2. The van der Waals surface area contributed by atoms with Crippen molar-refractivity contribution in [1.29, 1.82) is 0 Å². The molecule has 2 N–H and O–H groups in total. The van der Waals surface area contributed by atoms with Crippen LogP contribution in [-0.4, -0.2) is 48.8 Å². The first-order chi connectivity index (χ1) is 16.6. The molecule has 2 aromatic carbocycles. The van der Waals surface area contributed by atoms with Crippen LogP contribution in [0.3, 0.4) is 0 Å². The number of aromatic nitrogens is 3. The molecule has 10 heteroatoms. The minimum absolute atomic E-state index is 0.202. The number of ether oxygens (including phenoxy) is 1. The highest BCUT2D eigenvalue weighted by Crippen LogP contribution is 2.34.